The molecule has 1 N–H and O–H groups in total. The van der Waals surface area contributed by atoms with Gasteiger partial charge in [-0.05, 0) is 31.7 Å². The highest BCUT2D eigenvalue weighted by atomic mass is 16.5. The number of ether oxygens (including phenoxy) is 1. The maximum Gasteiger partial charge on any atom is 0.129 e. The van der Waals surface area contributed by atoms with E-state index in [0.29, 0.717) is 0 Å². The van der Waals surface area contributed by atoms with Crippen LogP contribution in [0.4, 0.5) is 5.82 Å². The van der Waals surface area contributed by atoms with Gasteiger partial charge < -0.3 is 15.0 Å². The van der Waals surface area contributed by atoms with Crippen molar-refractivity contribution in [3.8, 4) is 0 Å². The van der Waals surface area contributed by atoms with Gasteiger partial charge in [0.25, 0.3) is 0 Å². The number of likely N-dealkylation sites (N-methyl/N-ethyl adjacent to an activating group) is 1. The monoisotopic (exact) mass is 273 g/mol. The second kappa shape index (κ2) is 7.22. The van der Waals surface area contributed by atoms with Crippen LogP contribution in [0, 0.1) is 6.92 Å². The molecule has 4 heteroatoms. The van der Waals surface area contributed by atoms with Gasteiger partial charge in [0.05, 0.1) is 12.1 Å². The molecule has 1 heterocycles. The van der Waals surface area contributed by atoms with Crippen molar-refractivity contribution in [2.45, 2.75) is 6.92 Å². The molecular weight excluding hydrogens is 250 g/mol. The minimum absolute atomic E-state index is 0.768. The Labute approximate surface area is 120 Å². The SMILES string of the molecule is COCCN(C)CCNc1nc2ccccc2cc1C. The second-order valence-electron chi connectivity index (χ2n) is 5.07. The Balaban J connectivity index is 1.94. The first-order valence-electron chi connectivity index (χ1n) is 6.98. The van der Waals surface area contributed by atoms with Gasteiger partial charge in [0.2, 0.25) is 0 Å². The van der Waals surface area contributed by atoms with Crippen LogP contribution in [0.25, 0.3) is 10.9 Å². The molecule has 0 aliphatic carbocycles. The van der Waals surface area contributed by atoms with Crippen molar-refractivity contribution in [1.29, 1.82) is 0 Å². The predicted octanol–water partition coefficient (Wildman–Crippen LogP) is 2.53. The second-order valence-corrected chi connectivity index (χ2v) is 5.07. The van der Waals surface area contributed by atoms with Crippen molar-refractivity contribution in [2.75, 3.05) is 45.7 Å². The van der Waals surface area contributed by atoms with Crippen LogP contribution in [0.5, 0.6) is 0 Å². The Bertz CT molecular complexity index is 556. The van der Waals surface area contributed by atoms with Crippen LogP contribution in [-0.2, 0) is 4.74 Å². The van der Waals surface area contributed by atoms with Crippen molar-refractivity contribution in [2.24, 2.45) is 0 Å². The van der Waals surface area contributed by atoms with Crippen LogP contribution in [0.15, 0.2) is 30.3 Å². The summed E-state index contributed by atoms with van der Waals surface area (Å²) in [5.41, 5.74) is 2.22. The van der Waals surface area contributed by atoms with E-state index in [2.05, 4.69) is 41.3 Å². The maximum absolute atomic E-state index is 5.07. The Morgan fingerprint density at radius 3 is 2.85 bits per heavy atom. The number of hydrogen-bond donors (Lipinski definition) is 1. The number of benzene rings is 1. The van der Waals surface area contributed by atoms with Gasteiger partial charge in [0, 0.05) is 32.1 Å². The third-order valence-corrected chi connectivity index (χ3v) is 3.38. The van der Waals surface area contributed by atoms with Gasteiger partial charge in [0.15, 0.2) is 0 Å². The molecule has 0 spiro atoms. The summed E-state index contributed by atoms with van der Waals surface area (Å²) in [5, 5.41) is 4.61. The number of pyridine rings is 1. The van der Waals surface area contributed by atoms with Crippen molar-refractivity contribution < 1.29 is 4.74 Å². The van der Waals surface area contributed by atoms with E-state index in [1.165, 1.54) is 10.9 Å². The van der Waals surface area contributed by atoms with Gasteiger partial charge >= 0.3 is 0 Å². The van der Waals surface area contributed by atoms with Crippen molar-refractivity contribution in [3.63, 3.8) is 0 Å². The van der Waals surface area contributed by atoms with E-state index in [1.54, 1.807) is 7.11 Å². The third kappa shape index (κ3) is 3.92. The molecule has 0 aliphatic rings. The number of nitrogens with zero attached hydrogens (tertiary/aromatic N) is 2. The largest absolute Gasteiger partial charge is 0.383 e. The zero-order valence-electron chi connectivity index (χ0n) is 12.5. The fourth-order valence-electron chi connectivity index (χ4n) is 2.12. The fourth-order valence-corrected chi connectivity index (χ4v) is 2.12. The van der Waals surface area contributed by atoms with Gasteiger partial charge in [-0.2, -0.15) is 0 Å². The molecule has 0 fully saturated rings. The standard InChI is InChI=1S/C16H23N3O/c1-13-12-14-6-4-5-7-15(14)18-16(13)17-8-9-19(2)10-11-20-3/h4-7,12H,8-11H2,1-3H3,(H,17,18). The number of rotatable bonds is 7. The lowest BCUT2D eigenvalue weighted by Gasteiger charge is -2.17. The maximum atomic E-state index is 5.07. The highest BCUT2D eigenvalue weighted by molar-refractivity contribution is 5.81. The number of anilines is 1. The first-order chi connectivity index (χ1) is 9.70. The summed E-state index contributed by atoms with van der Waals surface area (Å²) >= 11 is 0. The molecule has 0 saturated carbocycles. The van der Waals surface area contributed by atoms with Gasteiger partial charge in [-0.15, -0.1) is 0 Å². The number of nitrogens with one attached hydrogen (secondary N) is 1. The molecule has 0 atom stereocenters. The Kier molecular flexibility index (Phi) is 5.32. The Morgan fingerprint density at radius 1 is 1.25 bits per heavy atom. The molecule has 20 heavy (non-hydrogen) atoms. The van der Waals surface area contributed by atoms with Crippen LogP contribution in [0.2, 0.25) is 0 Å². The van der Waals surface area contributed by atoms with E-state index < -0.39 is 0 Å². The van der Waals surface area contributed by atoms with Crippen molar-refractivity contribution >= 4 is 16.7 Å². The van der Waals surface area contributed by atoms with Gasteiger partial charge in [-0.3, -0.25) is 0 Å². The third-order valence-electron chi connectivity index (χ3n) is 3.38. The van der Waals surface area contributed by atoms with Crippen molar-refractivity contribution in [1.82, 2.24) is 9.88 Å². The van der Waals surface area contributed by atoms with Gasteiger partial charge in [-0.25, -0.2) is 4.98 Å². The van der Waals surface area contributed by atoms with Crippen molar-refractivity contribution in [3.05, 3.63) is 35.9 Å². The molecule has 0 saturated heterocycles. The average molecular weight is 273 g/mol. The molecule has 1 aromatic carbocycles. The first-order valence-corrected chi connectivity index (χ1v) is 6.98. The highest BCUT2D eigenvalue weighted by Gasteiger charge is 2.03. The van der Waals surface area contributed by atoms with Crippen LogP contribution in [0.3, 0.4) is 0 Å². The smallest absolute Gasteiger partial charge is 0.129 e. The summed E-state index contributed by atoms with van der Waals surface area (Å²) in [7, 11) is 3.83. The summed E-state index contributed by atoms with van der Waals surface area (Å²) in [6, 6.07) is 10.4. The van der Waals surface area contributed by atoms with Crippen LogP contribution in [0.1, 0.15) is 5.56 Å². The van der Waals surface area contributed by atoms with E-state index in [1.807, 2.05) is 18.2 Å². The molecule has 2 aromatic rings. The molecule has 2 rings (SSSR count). The van der Waals surface area contributed by atoms with E-state index >= 15 is 0 Å². The average Bonchev–Trinajstić information content (AvgIpc) is 2.45. The number of aryl methyl sites for hydroxylation is 1. The van der Waals surface area contributed by atoms with Crippen LogP contribution >= 0.6 is 0 Å². The minimum atomic E-state index is 0.768. The molecule has 1 aromatic heterocycles. The van der Waals surface area contributed by atoms with E-state index in [9.17, 15) is 0 Å². The summed E-state index contributed by atoms with van der Waals surface area (Å²) in [6.07, 6.45) is 0. The lowest BCUT2D eigenvalue weighted by atomic mass is 10.1. The molecular formula is C16H23N3O. The zero-order chi connectivity index (χ0) is 14.4. The number of fused-ring (bicyclic) bond motifs is 1. The fraction of sp³-hybridized carbons (Fsp3) is 0.438. The van der Waals surface area contributed by atoms with E-state index in [4.69, 9.17) is 4.74 Å². The summed E-state index contributed by atoms with van der Waals surface area (Å²) in [4.78, 5) is 6.92. The molecule has 4 nitrogen and oxygen atoms in total. The number of hydrogen-bond acceptors (Lipinski definition) is 4. The van der Waals surface area contributed by atoms with Gasteiger partial charge in [-0.1, -0.05) is 18.2 Å². The molecule has 108 valence electrons. The van der Waals surface area contributed by atoms with Crippen LogP contribution < -0.4 is 5.32 Å². The zero-order valence-corrected chi connectivity index (χ0v) is 12.5. The molecule has 0 aliphatic heterocycles. The summed E-state index contributed by atoms with van der Waals surface area (Å²) < 4.78 is 5.07. The number of methoxy groups -OCH3 is 1. The highest BCUT2D eigenvalue weighted by Crippen LogP contribution is 2.19. The summed E-state index contributed by atoms with van der Waals surface area (Å²) in [5.74, 6) is 0.976. The quantitative estimate of drug-likeness (QED) is 0.841. The molecule has 0 amide bonds. The lowest BCUT2D eigenvalue weighted by molar-refractivity contribution is 0.163. The van der Waals surface area contributed by atoms with E-state index in [0.717, 1.165) is 37.6 Å². The lowest BCUT2D eigenvalue weighted by Crippen LogP contribution is -2.28. The topological polar surface area (TPSA) is 37.4 Å². The molecule has 0 bridgehead atoms. The van der Waals surface area contributed by atoms with E-state index in [-0.39, 0.29) is 0 Å². The Morgan fingerprint density at radius 2 is 2.05 bits per heavy atom. The van der Waals surface area contributed by atoms with Crippen LogP contribution in [-0.4, -0.2) is 50.3 Å². The predicted molar refractivity (Wildman–Crippen MR) is 84.3 cm³/mol. The molecule has 0 unspecified atom stereocenters. The molecule has 0 radical (unpaired) electrons. The first kappa shape index (κ1) is 14.8. The minimum Gasteiger partial charge on any atom is -0.383 e. The van der Waals surface area contributed by atoms with Gasteiger partial charge in [0.1, 0.15) is 5.82 Å². The number of para-hydroxylation sites is 1. The Hall–Kier alpha value is -1.65. The normalized spacial score (nSPS) is 11.2. The number of aromatic nitrogens is 1. The summed E-state index contributed by atoms with van der Waals surface area (Å²) in [6.45, 7) is 5.66.